The average Bonchev–Trinajstić information content (AvgIpc) is 3.58. The SMILES string of the molecule is C=CCON(C1C=C(C2CC2)CN(C(=O)OC(C)(C)C)C1)S(=O)(=O)c1ccc([N+](=O)[O-])cc1. The molecule has 0 saturated heterocycles. The maximum Gasteiger partial charge on any atom is 0.410 e. The first-order valence-corrected chi connectivity index (χ1v) is 12.1. The lowest BCUT2D eigenvalue weighted by Crippen LogP contribution is -2.51. The summed E-state index contributed by atoms with van der Waals surface area (Å²) < 4.78 is 33.3. The van der Waals surface area contributed by atoms with Crippen LogP contribution in [0.1, 0.15) is 33.6 Å². The number of carbonyl (C=O) groups excluding carboxylic acids is 1. The number of sulfonamides is 1. The quantitative estimate of drug-likeness (QED) is 0.317. The highest BCUT2D eigenvalue weighted by Gasteiger charge is 2.40. The van der Waals surface area contributed by atoms with Crippen LogP contribution < -0.4 is 0 Å². The summed E-state index contributed by atoms with van der Waals surface area (Å²) in [6, 6.07) is 3.77. The Morgan fingerprint density at radius 2 is 1.94 bits per heavy atom. The zero-order valence-electron chi connectivity index (χ0n) is 19.0. The second-order valence-corrected chi connectivity index (χ2v) is 10.8. The fourth-order valence-corrected chi connectivity index (χ4v) is 4.86. The van der Waals surface area contributed by atoms with Crippen LogP contribution in [0.4, 0.5) is 10.5 Å². The van der Waals surface area contributed by atoms with Gasteiger partial charge >= 0.3 is 6.09 Å². The van der Waals surface area contributed by atoms with Gasteiger partial charge in [-0.2, -0.15) is 0 Å². The Labute approximate surface area is 193 Å². The Morgan fingerprint density at radius 3 is 2.45 bits per heavy atom. The van der Waals surface area contributed by atoms with Crippen molar-refractivity contribution in [2.75, 3.05) is 19.7 Å². The molecule has 1 saturated carbocycles. The summed E-state index contributed by atoms with van der Waals surface area (Å²) in [5.41, 5.74) is 0.0394. The highest BCUT2D eigenvalue weighted by atomic mass is 32.2. The van der Waals surface area contributed by atoms with Crippen LogP contribution in [-0.4, -0.2) is 60.1 Å². The molecule has 0 spiro atoms. The van der Waals surface area contributed by atoms with Crippen molar-refractivity contribution >= 4 is 21.8 Å². The fourth-order valence-electron chi connectivity index (χ4n) is 3.49. The third-order valence-electron chi connectivity index (χ3n) is 5.11. The summed E-state index contributed by atoms with van der Waals surface area (Å²) in [5, 5.41) is 10.9. The van der Waals surface area contributed by atoms with Crippen LogP contribution >= 0.6 is 0 Å². The molecule has 1 aliphatic heterocycles. The molecule has 0 N–H and O–H groups in total. The average molecular weight is 480 g/mol. The summed E-state index contributed by atoms with van der Waals surface area (Å²) in [4.78, 5) is 30.0. The molecule has 2 aliphatic rings. The Bertz CT molecular complexity index is 1040. The number of ether oxygens (including phenoxy) is 1. The molecule has 180 valence electrons. The van der Waals surface area contributed by atoms with Gasteiger partial charge < -0.3 is 9.64 Å². The lowest BCUT2D eigenvalue weighted by molar-refractivity contribution is -0.384. The van der Waals surface area contributed by atoms with E-state index in [2.05, 4.69) is 6.58 Å². The van der Waals surface area contributed by atoms with E-state index in [-0.39, 0.29) is 23.7 Å². The third-order valence-corrected chi connectivity index (χ3v) is 6.83. The van der Waals surface area contributed by atoms with E-state index < -0.39 is 32.7 Å². The van der Waals surface area contributed by atoms with Gasteiger partial charge in [-0.3, -0.25) is 15.0 Å². The first-order valence-electron chi connectivity index (χ1n) is 10.6. The van der Waals surface area contributed by atoms with Crippen LogP contribution in [0, 0.1) is 16.0 Å². The van der Waals surface area contributed by atoms with Crippen molar-refractivity contribution in [2.45, 2.75) is 50.2 Å². The van der Waals surface area contributed by atoms with E-state index in [1.54, 1.807) is 20.8 Å². The number of benzene rings is 1. The van der Waals surface area contributed by atoms with Crippen molar-refractivity contribution in [3.63, 3.8) is 0 Å². The van der Waals surface area contributed by atoms with E-state index in [0.29, 0.717) is 12.5 Å². The van der Waals surface area contributed by atoms with Crippen molar-refractivity contribution in [1.29, 1.82) is 0 Å². The second kappa shape index (κ2) is 9.62. The van der Waals surface area contributed by atoms with Crippen molar-refractivity contribution < 1.29 is 27.7 Å². The number of nitro groups is 1. The maximum absolute atomic E-state index is 13.4. The number of hydrogen-bond donors (Lipinski definition) is 0. The molecule has 1 aliphatic carbocycles. The molecule has 1 unspecified atom stereocenters. The minimum absolute atomic E-state index is 0.0362. The van der Waals surface area contributed by atoms with E-state index in [9.17, 15) is 23.3 Å². The normalized spacial score (nSPS) is 19.2. The number of hydrogen-bond acceptors (Lipinski definition) is 7. The smallest absolute Gasteiger partial charge is 0.410 e. The van der Waals surface area contributed by atoms with Crippen LogP contribution in [0.2, 0.25) is 0 Å². The predicted molar refractivity (Wildman–Crippen MR) is 121 cm³/mol. The summed E-state index contributed by atoms with van der Waals surface area (Å²) in [7, 11) is -4.21. The van der Waals surface area contributed by atoms with E-state index in [4.69, 9.17) is 9.57 Å². The molecule has 0 radical (unpaired) electrons. The fraction of sp³-hybridized carbons (Fsp3) is 0.500. The molecule has 11 heteroatoms. The van der Waals surface area contributed by atoms with Gasteiger partial charge in [0.15, 0.2) is 0 Å². The topological polar surface area (TPSA) is 119 Å². The number of amides is 1. The molecule has 1 aromatic carbocycles. The highest BCUT2D eigenvalue weighted by molar-refractivity contribution is 7.89. The molecule has 3 rings (SSSR count). The van der Waals surface area contributed by atoms with Crippen molar-refractivity contribution in [3.05, 3.63) is 58.7 Å². The number of nitro benzene ring substituents is 1. The lowest BCUT2D eigenvalue weighted by atomic mass is 10.0. The number of rotatable bonds is 8. The largest absolute Gasteiger partial charge is 0.444 e. The minimum Gasteiger partial charge on any atom is -0.444 e. The minimum atomic E-state index is -4.21. The molecular weight excluding hydrogens is 450 g/mol. The van der Waals surface area contributed by atoms with Crippen molar-refractivity contribution in [1.82, 2.24) is 9.37 Å². The number of hydroxylamine groups is 1. The van der Waals surface area contributed by atoms with Gasteiger partial charge in [-0.25, -0.2) is 13.2 Å². The molecular formula is C22H29N3O7S. The summed E-state index contributed by atoms with van der Waals surface area (Å²) in [6.07, 6.45) is 4.67. The molecule has 10 nitrogen and oxygen atoms in total. The summed E-state index contributed by atoms with van der Waals surface area (Å²) in [5.74, 6) is 0.293. The van der Waals surface area contributed by atoms with Crippen molar-refractivity contribution in [2.24, 2.45) is 5.92 Å². The second-order valence-electron chi connectivity index (χ2n) is 9.04. The zero-order valence-corrected chi connectivity index (χ0v) is 19.8. The van der Waals surface area contributed by atoms with Crippen molar-refractivity contribution in [3.8, 4) is 0 Å². The van der Waals surface area contributed by atoms with Gasteiger partial charge in [0.2, 0.25) is 0 Å². The lowest BCUT2D eigenvalue weighted by Gasteiger charge is -2.37. The Morgan fingerprint density at radius 1 is 1.30 bits per heavy atom. The van der Waals surface area contributed by atoms with Crippen LogP contribution in [0.15, 0.2) is 53.5 Å². The third kappa shape index (κ3) is 6.18. The number of non-ortho nitro benzene ring substituents is 1. The van der Waals surface area contributed by atoms with E-state index in [1.165, 1.54) is 11.0 Å². The van der Waals surface area contributed by atoms with Gasteiger partial charge in [0.25, 0.3) is 15.7 Å². The molecule has 1 heterocycles. The Kier molecular flexibility index (Phi) is 7.25. The van der Waals surface area contributed by atoms with Crippen LogP contribution in [0.25, 0.3) is 0 Å². The molecule has 1 fully saturated rings. The van der Waals surface area contributed by atoms with E-state index >= 15 is 0 Å². The molecule has 1 amide bonds. The van der Waals surface area contributed by atoms with Gasteiger partial charge in [0, 0.05) is 25.2 Å². The summed E-state index contributed by atoms with van der Waals surface area (Å²) in [6.45, 7) is 9.20. The van der Waals surface area contributed by atoms with E-state index in [0.717, 1.165) is 47.1 Å². The predicted octanol–water partition coefficient (Wildman–Crippen LogP) is 3.66. The van der Waals surface area contributed by atoms with Crippen LogP contribution in [0.3, 0.4) is 0 Å². The molecule has 0 bridgehead atoms. The summed E-state index contributed by atoms with van der Waals surface area (Å²) >= 11 is 0. The van der Waals surface area contributed by atoms with Crippen LogP contribution in [-0.2, 0) is 19.6 Å². The molecule has 1 aromatic rings. The maximum atomic E-state index is 13.4. The van der Waals surface area contributed by atoms with Gasteiger partial charge in [-0.05, 0) is 57.2 Å². The molecule has 1 atom stereocenters. The highest BCUT2D eigenvalue weighted by Crippen LogP contribution is 2.39. The monoisotopic (exact) mass is 479 g/mol. The molecule has 0 aromatic heterocycles. The first kappa shape index (κ1) is 24.9. The zero-order chi connectivity index (χ0) is 24.4. The first-order chi connectivity index (χ1) is 15.4. The van der Waals surface area contributed by atoms with Gasteiger partial charge in [-0.15, -0.1) is 6.58 Å². The Hall–Kier alpha value is -2.76. The van der Waals surface area contributed by atoms with E-state index in [1.807, 2.05) is 6.08 Å². The molecule has 33 heavy (non-hydrogen) atoms. The Balaban J connectivity index is 1.95. The van der Waals surface area contributed by atoms with Gasteiger partial charge in [0.05, 0.1) is 22.5 Å². The van der Waals surface area contributed by atoms with Gasteiger partial charge in [0.1, 0.15) is 5.60 Å². The number of carbonyl (C=O) groups is 1. The standard InChI is InChI=1S/C22H29N3O7S/c1-5-12-31-25(33(29,30)20-10-8-18(9-11-20)24(27)28)19-13-17(16-6-7-16)14-23(15-19)21(26)32-22(2,3)4/h5,8-11,13,16,19H,1,6-7,12,14-15H2,2-4H3. The number of nitrogens with zero attached hydrogens (tertiary/aromatic N) is 3. The van der Waals surface area contributed by atoms with Crippen LogP contribution in [0.5, 0.6) is 0 Å². The van der Waals surface area contributed by atoms with Gasteiger partial charge in [-0.1, -0.05) is 16.6 Å².